The Morgan fingerprint density at radius 1 is 0.684 bits per heavy atom. The van der Waals surface area contributed by atoms with Gasteiger partial charge in [-0.1, -0.05) is 13.2 Å². The molecule has 0 rings (SSSR count). The molecule has 0 saturated carbocycles. The van der Waals surface area contributed by atoms with Crippen molar-refractivity contribution >= 4 is 23.9 Å². The van der Waals surface area contributed by atoms with Crippen LogP contribution in [0, 0.1) is 0 Å². The molecule has 0 radical (unpaired) electrons. The fourth-order valence-electron chi connectivity index (χ4n) is 0.623. The number of carboxylic acids is 4. The zero-order chi connectivity index (χ0) is 15.6. The molecule has 0 saturated heterocycles. The van der Waals surface area contributed by atoms with Gasteiger partial charge in [0.2, 0.25) is 0 Å². The van der Waals surface area contributed by atoms with Crippen LogP contribution in [0.25, 0.3) is 0 Å². The summed E-state index contributed by atoms with van der Waals surface area (Å²) >= 11 is 0. The molecular formula is C11H14O8. The van der Waals surface area contributed by atoms with Crippen molar-refractivity contribution in [1.82, 2.24) is 0 Å². The van der Waals surface area contributed by atoms with Crippen LogP contribution in [0.15, 0.2) is 24.3 Å². The van der Waals surface area contributed by atoms with Crippen LogP contribution in [0.5, 0.6) is 0 Å². The van der Waals surface area contributed by atoms with Gasteiger partial charge in [-0.15, -0.1) is 0 Å². The van der Waals surface area contributed by atoms with Crippen molar-refractivity contribution in [3.63, 3.8) is 0 Å². The third-order valence-corrected chi connectivity index (χ3v) is 1.61. The van der Waals surface area contributed by atoms with Gasteiger partial charge in [0, 0.05) is 17.6 Å². The molecule has 0 unspecified atom stereocenters. The molecule has 0 spiro atoms. The zero-order valence-corrected chi connectivity index (χ0v) is 9.96. The molecule has 106 valence electrons. The molecule has 8 heteroatoms. The Hall–Kier alpha value is -2.64. The Bertz CT molecular complexity index is 407. The van der Waals surface area contributed by atoms with Gasteiger partial charge in [-0.3, -0.25) is 9.59 Å². The molecule has 0 amide bonds. The average molecular weight is 274 g/mol. The third kappa shape index (κ3) is 13.3. The second kappa shape index (κ2) is 9.40. The molecule has 0 atom stereocenters. The fraction of sp³-hybridized carbons (Fsp3) is 0.273. The first kappa shape index (κ1) is 18.7. The number of hydrogen-bond donors (Lipinski definition) is 4. The maximum Gasteiger partial charge on any atom is 0.331 e. The van der Waals surface area contributed by atoms with Gasteiger partial charge in [0.25, 0.3) is 0 Å². The van der Waals surface area contributed by atoms with Crippen LogP contribution in [0.4, 0.5) is 0 Å². The molecule has 0 bridgehead atoms. The van der Waals surface area contributed by atoms with Gasteiger partial charge in [-0.25, -0.2) is 9.59 Å². The van der Waals surface area contributed by atoms with Crippen molar-refractivity contribution in [1.29, 1.82) is 0 Å². The van der Waals surface area contributed by atoms with Crippen molar-refractivity contribution < 1.29 is 39.6 Å². The highest BCUT2D eigenvalue weighted by Gasteiger charge is 2.07. The Kier molecular flexibility index (Phi) is 9.26. The minimum atomic E-state index is -1.27. The molecule has 19 heavy (non-hydrogen) atoms. The Morgan fingerprint density at radius 2 is 1.11 bits per heavy atom. The van der Waals surface area contributed by atoms with E-state index in [9.17, 15) is 19.2 Å². The van der Waals surface area contributed by atoms with Gasteiger partial charge >= 0.3 is 23.9 Å². The van der Waals surface area contributed by atoms with Crippen LogP contribution >= 0.6 is 0 Å². The highest BCUT2D eigenvalue weighted by atomic mass is 16.4. The second-order valence-corrected chi connectivity index (χ2v) is 3.28. The summed E-state index contributed by atoms with van der Waals surface area (Å²) in [7, 11) is 0. The summed E-state index contributed by atoms with van der Waals surface area (Å²) in [6, 6.07) is 0. The number of carboxylic acid groups (broad SMARTS) is 4. The largest absolute Gasteiger partial charge is 0.481 e. The predicted octanol–water partition coefficient (Wildman–Crippen LogP) is 0.594. The molecule has 0 aliphatic carbocycles. The molecule has 0 aliphatic heterocycles. The first-order valence-corrected chi connectivity index (χ1v) is 4.83. The number of hydrogen-bond acceptors (Lipinski definition) is 4. The molecule has 8 nitrogen and oxygen atoms in total. The Balaban J connectivity index is 0. The number of rotatable bonds is 7. The van der Waals surface area contributed by atoms with E-state index in [-0.39, 0.29) is 24.0 Å². The van der Waals surface area contributed by atoms with Gasteiger partial charge in [-0.05, 0) is 6.42 Å². The lowest BCUT2D eigenvalue weighted by atomic mass is 10.2. The van der Waals surface area contributed by atoms with E-state index in [1.54, 1.807) is 0 Å². The molecule has 0 aromatic carbocycles. The number of aliphatic carboxylic acids is 4. The van der Waals surface area contributed by atoms with Gasteiger partial charge in [0.1, 0.15) is 0 Å². The predicted molar refractivity (Wildman–Crippen MR) is 62.7 cm³/mol. The first-order chi connectivity index (χ1) is 8.57. The normalized spacial score (nSPS) is 8.63. The van der Waals surface area contributed by atoms with Crippen LogP contribution < -0.4 is 0 Å². The molecular weight excluding hydrogens is 260 g/mol. The van der Waals surface area contributed by atoms with E-state index in [2.05, 4.69) is 13.2 Å². The molecule has 0 fully saturated rings. The van der Waals surface area contributed by atoms with Gasteiger partial charge < -0.3 is 20.4 Å². The fourth-order valence-corrected chi connectivity index (χ4v) is 0.623. The van der Waals surface area contributed by atoms with E-state index in [4.69, 9.17) is 20.4 Å². The molecule has 0 aliphatic rings. The summed E-state index contributed by atoms with van der Waals surface area (Å²) in [5, 5.41) is 32.4. The van der Waals surface area contributed by atoms with E-state index >= 15 is 0 Å². The summed E-state index contributed by atoms with van der Waals surface area (Å²) in [5.41, 5.74) is -0.370. The lowest BCUT2D eigenvalue weighted by Crippen LogP contribution is -2.04. The molecule has 4 N–H and O–H groups in total. The van der Waals surface area contributed by atoms with E-state index < -0.39 is 30.3 Å². The van der Waals surface area contributed by atoms with E-state index in [0.29, 0.717) is 0 Å². The Morgan fingerprint density at radius 3 is 1.32 bits per heavy atom. The van der Waals surface area contributed by atoms with Crippen molar-refractivity contribution in [3.8, 4) is 0 Å². The van der Waals surface area contributed by atoms with Crippen LogP contribution in [0.3, 0.4) is 0 Å². The minimum Gasteiger partial charge on any atom is -0.481 e. The van der Waals surface area contributed by atoms with Gasteiger partial charge in [0.05, 0.1) is 6.42 Å². The third-order valence-electron chi connectivity index (χ3n) is 1.61. The average Bonchev–Trinajstić information content (AvgIpc) is 2.25. The summed E-state index contributed by atoms with van der Waals surface area (Å²) in [6.07, 6.45) is -0.675. The van der Waals surface area contributed by atoms with E-state index in [1.807, 2.05) is 0 Å². The zero-order valence-electron chi connectivity index (χ0n) is 9.96. The topological polar surface area (TPSA) is 149 Å². The highest BCUT2D eigenvalue weighted by Crippen LogP contribution is 2.01. The van der Waals surface area contributed by atoms with Gasteiger partial charge in [-0.2, -0.15) is 0 Å². The van der Waals surface area contributed by atoms with Crippen molar-refractivity contribution in [2.24, 2.45) is 0 Å². The molecule has 0 aromatic heterocycles. The van der Waals surface area contributed by atoms with Crippen molar-refractivity contribution in [2.75, 3.05) is 0 Å². The summed E-state index contributed by atoms with van der Waals surface area (Å²) in [6.45, 7) is 6.18. The maximum atomic E-state index is 10.0. The summed E-state index contributed by atoms with van der Waals surface area (Å²) in [5.74, 6) is -4.59. The van der Waals surface area contributed by atoms with Crippen LogP contribution in [-0.2, 0) is 19.2 Å². The van der Waals surface area contributed by atoms with E-state index in [0.717, 1.165) is 0 Å². The molecule has 0 aromatic rings. The minimum absolute atomic E-state index is 0.00463. The van der Waals surface area contributed by atoms with Crippen LogP contribution in [-0.4, -0.2) is 44.3 Å². The SMILES string of the molecule is C=C(CC(=O)O)C(=O)O.C=C(CCC(=O)O)C(=O)O. The monoisotopic (exact) mass is 274 g/mol. The van der Waals surface area contributed by atoms with Crippen LogP contribution in [0.1, 0.15) is 19.3 Å². The highest BCUT2D eigenvalue weighted by molar-refractivity contribution is 5.91. The molecule has 0 heterocycles. The standard InChI is InChI=1S/C6H8O4.C5H6O4/c1-4(6(9)10)2-3-5(7)8;1-3(5(8)9)2-4(6)7/h1-3H2,(H,7,8)(H,9,10);1-2H2,(H,6,7)(H,8,9). The smallest absolute Gasteiger partial charge is 0.331 e. The van der Waals surface area contributed by atoms with Crippen LogP contribution in [0.2, 0.25) is 0 Å². The second-order valence-electron chi connectivity index (χ2n) is 3.28. The number of carbonyl (C=O) groups is 4. The van der Waals surface area contributed by atoms with Gasteiger partial charge in [0.15, 0.2) is 0 Å². The summed E-state index contributed by atoms with van der Waals surface area (Å²) in [4.78, 5) is 39.6. The lowest BCUT2D eigenvalue weighted by Gasteiger charge is -1.94. The van der Waals surface area contributed by atoms with E-state index in [1.165, 1.54) is 0 Å². The Labute approximate surface area is 108 Å². The maximum absolute atomic E-state index is 10.0. The lowest BCUT2D eigenvalue weighted by molar-refractivity contribution is -0.139. The van der Waals surface area contributed by atoms with Crippen molar-refractivity contribution in [3.05, 3.63) is 24.3 Å². The summed E-state index contributed by atoms with van der Waals surface area (Å²) < 4.78 is 0. The first-order valence-electron chi connectivity index (χ1n) is 4.83. The van der Waals surface area contributed by atoms with Crippen molar-refractivity contribution in [2.45, 2.75) is 19.3 Å². The quantitative estimate of drug-likeness (QED) is 0.493.